The molecule has 2 fully saturated rings. The molecule has 4 rings (SSSR count). The van der Waals surface area contributed by atoms with Crippen LogP contribution in [0.3, 0.4) is 0 Å². The van der Waals surface area contributed by atoms with Crippen molar-refractivity contribution in [1.29, 1.82) is 0 Å². The number of nitrogens with two attached hydrogens (primary N) is 1. The van der Waals surface area contributed by atoms with E-state index in [1.807, 2.05) is 65.1 Å². The van der Waals surface area contributed by atoms with Crippen LogP contribution in [-0.2, 0) is 30.4 Å². The summed E-state index contributed by atoms with van der Waals surface area (Å²) >= 11 is 0. The van der Waals surface area contributed by atoms with Gasteiger partial charge in [0.15, 0.2) is 5.60 Å². The Labute approximate surface area is 266 Å². The predicted octanol–water partition coefficient (Wildman–Crippen LogP) is 5.32. The van der Waals surface area contributed by atoms with E-state index in [-0.39, 0.29) is 29.3 Å². The number of Topliss-reactive ketones (excluding diaryl/α,β-unsaturated/α-hetero) is 2. The van der Waals surface area contributed by atoms with Crippen molar-refractivity contribution >= 4 is 29.3 Å². The molecule has 0 aliphatic carbocycles. The van der Waals surface area contributed by atoms with Crippen molar-refractivity contribution in [2.75, 3.05) is 12.3 Å². The molecule has 3 heterocycles. The predicted molar refractivity (Wildman–Crippen MR) is 170 cm³/mol. The Morgan fingerprint density at radius 1 is 0.978 bits per heavy atom. The number of nitrogen functional groups attached to an aromatic ring is 1. The van der Waals surface area contributed by atoms with Gasteiger partial charge in [0, 0.05) is 42.1 Å². The van der Waals surface area contributed by atoms with E-state index in [4.69, 9.17) is 15.2 Å². The lowest BCUT2D eigenvalue weighted by atomic mass is 9.75. The molecular formula is C34H49N5O6. The summed E-state index contributed by atoms with van der Waals surface area (Å²) in [6, 6.07) is 6.81. The van der Waals surface area contributed by atoms with E-state index in [2.05, 4.69) is 10.3 Å². The number of nitrogens with zero attached hydrogens (tertiary/aromatic N) is 4. The van der Waals surface area contributed by atoms with E-state index in [9.17, 15) is 19.2 Å². The SMILES string of the molecule is CC[C@H]1OC(=O)[C@H](C)C(=O)[C@H](C)C[C@@H](C)C[C@@H](C)C(=O)[C@H](C)[C@H]2N(CCCCn3cc(-c4cccc(N)c4)nn3)C(=O)O[C@]12C. The van der Waals surface area contributed by atoms with Crippen LogP contribution in [0.5, 0.6) is 0 Å². The smallest absolute Gasteiger partial charge is 0.410 e. The van der Waals surface area contributed by atoms with E-state index in [1.165, 1.54) is 0 Å². The fourth-order valence-electron chi connectivity index (χ4n) is 7.31. The first-order valence-corrected chi connectivity index (χ1v) is 16.3. The fraction of sp³-hybridized carbons (Fsp3) is 0.647. The summed E-state index contributed by atoms with van der Waals surface area (Å²) in [5.74, 6) is -2.78. The zero-order valence-electron chi connectivity index (χ0n) is 27.7. The Balaban J connectivity index is 1.54. The highest BCUT2D eigenvalue weighted by molar-refractivity contribution is 5.99. The summed E-state index contributed by atoms with van der Waals surface area (Å²) in [5, 5.41) is 8.50. The molecule has 0 unspecified atom stereocenters. The van der Waals surface area contributed by atoms with E-state index < -0.39 is 41.6 Å². The number of hydrogen-bond donors (Lipinski definition) is 1. The Hall–Kier alpha value is -3.76. The third-order valence-electron chi connectivity index (χ3n) is 9.68. The minimum absolute atomic E-state index is 0.0312. The number of cyclic esters (lactones) is 1. The van der Waals surface area contributed by atoms with Gasteiger partial charge < -0.3 is 20.1 Å². The van der Waals surface area contributed by atoms with Crippen LogP contribution in [0, 0.1) is 29.6 Å². The third-order valence-corrected chi connectivity index (χ3v) is 9.68. The number of carbonyl (C=O) groups excluding carboxylic acids is 4. The lowest BCUT2D eigenvalue weighted by molar-refractivity contribution is -0.171. The molecule has 1 aromatic heterocycles. The molecule has 0 spiro atoms. The van der Waals surface area contributed by atoms with E-state index >= 15 is 0 Å². The van der Waals surface area contributed by atoms with Gasteiger partial charge in [-0.15, -0.1) is 5.10 Å². The number of ketones is 2. The first-order valence-electron chi connectivity index (χ1n) is 16.3. The summed E-state index contributed by atoms with van der Waals surface area (Å²) < 4.78 is 13.8. The number of amides is 1. The highest BCUT2D eigenvalue weighted by atomic mass is 16.6. The van der Waals surface area contributed by atoms with Gasteiger partial charge in [-0.05, 0) is 64.0 Å². The van der Waals surface area contributed by atoms with Crippen LogP contribution in [0.2, 0.25) is 0 Å². The quantitative estimate of drug-likeness (QED) is 0.187. The zero-order chi connectivity index (χ0) is 33.1. The number of rotatable bonds is 7. The van der Waals surface area contributed by atoms with Crippen LogP contribution in [0.15, 0.2) is 30.5 Å². The Morgan fingerprint density at radius 2 is 1.64 bits per heavy atom. The molecule has 11 heteroatoms. The summed E-state index contributed by atoms with van der Waals surface area (Å²) in [7, 11) is 0. The van der Waals surface area contributed by atoms with Gasteiger partial charge in [-0.25, -0.2) is 4.79 Å². The molecule has 2 saturated heterocycles. The molecule has 246 valence electrons. The molecule has 11 nitrogen and oxygen atoms in total. The minimum atomic E-state index is -1.28. The Kier molecular flexibility index (Phi) is 10.7. The van der Waals surface area contributed by atoms with Gasteiger partial charge >= 0.3 is 12.1 Å². The minimum Gasteiger partial charge on any atom is -0.458 e. The average Bonchev–Trinajstić information content (AvgIpc) is 3.57. The zero-order valence-corrected chi connectivity index (χ0v) is 27.7. The second-order valence-corrected chi connectivity index (χ2v) is 13.4. The summed E-state index contributed by atoms with van der Waals surface area (Å²) in [6.45, 7) is 13.8. The molecule has 0 radical (unpaired) electrons. The Morgan fingerprint density at radius 3 is 2.31 bits per heavy atom. The fourth-order valence-corrected chi connectivity index (χ4v) is 7.31. The van der Waals surface area contributed by atoms with Gasteiger partial charge in [0.25, 0.3) is 0 Å². The summed E-state index contributed by atoms with van der Waals surface area (Å²) in [5.41, 5.74) is 6.89. The van der Waals surface area contributed by atoms with Crippen molar-refractivity contribution in [3.8, 4) is 11.3 Å². The van der Waals surface area contributed by atoms with Crippen LogP contribution in [0.4, 0.5) is 10.5 Å². The number of benzene rings is 1. The van der Waals surface area contributed by atoms with Crippen LogP contribution in [0.1, 0.15) is 80.6 Å². The van der Waals surface area contributed by atoms with Crippen LogP contribution in [0.25, 0.3) is 11.3 Å². The number of ether oxygens (including phenoxy) is 2. The highest BCUT2D eigenvalue weighted by Gasteiger charge is 2.59. The van der Waals surface area contributed by atoms with Crippen LogP contribution in [-0.4, -0.2) is 67.8 Å². The maximum Gasteiger partial charge on any atom is 0.410 e. The lowest BCUT2D eigenvalue weighted by Crippen LogP contribution is -2.57. The first kappa shape index (κ1) is 34.1. The van der Waals surface area contributed by atoms with Gasteiger partial charge in [-0.1, -0.05) is 52.0 Å². The van der Waals surface area contributed by atoms with Crippen molar-refractivity contribution in [2.24, 2.45) is 29.6 Å². The van der Waals surface area contributed by atoms with Crippen molar-refractivity contribution in [2.45, 2.75) is 105 Å². The number of anilines is 1. The summed E-state index contributed by atoms with van der Waals surface area (Å²) in [4.78, 5) is 55.4. The maximum atomic E-state index is 13.9. The number of fused-ring (bicyclic) bond motifs is 1. The van der Waals surface area contributed by atoms with E-state index in [0.29, 0.717) is 50.9 Å². The van der Waals surface area contributed by atoms with Crippen LogP contribution >= 0.6 is 0 Å². The van der Waals surface area contributed by atoms with Gasteiger partial charge in [-0.3, -0.25) is 19.1 Å². The van der Waals surface area contributed by atoms with Crippen molar-refractivity contribution in [3.63, 3.8) is 0 Å². The molecule has 2 aromatic rings. The third kappa shape index (κ3) is 7.39. The lowest BCUT2D eigenvalue weighted by Gasteiger charge is -2.40. The number of esters is 1. The number of aryl methyl sites for hydroxylation is 1. The van der Waals surface area contributed by atoms with Gasteiger partial charge in [-0.2, -0.15) is 0 Å². The largest absolute Gasteiger partial charge is 0.458 e. The Bertz CT molecular complexity index is 1390. The van der Waals surface area contributed by atoms with E-state index in [0.717, 1.165) is 11.3 Å². The maximum absolute atomic E-state index is 13.9. The molecule has 8 atom stereocenters. The molecule has 0 bridgehead atoms. The second-order valence-electron chi connectivity index (χ2n) is 13.4. The molecule has 2 N–H and O–H groups in total. The molecule has 1 aromatic carbocycles. The number of aromatic nitrogens is 3. The van der Waals surface area contributed by atoms with Crippen molar-refractivity contribution in [3.05, 3.63) is 30.5 Å². The molecule has 0 saturated carbocycles. The summed E-state index contributed by atoms with van der Waals surface area (Å²) in [6.07, 6.45) is 3.38. The standard InChI is InChI=1S/C34H49N5O6/c1-8-28-34(7)31(23(5)29(40)21(3)16-20(2)17-22(4)30(41)24(6)32(42)44-28)39(33(43)45-34)15-10-9-14-38-19-27(36-37-38)25-12-11-13-26(35)18-25/h11-13,18-24,28,31H,8-10,14-17,35H2,1-7H3/t20-,21+,22+,23-,24+,28+,31+,34+/m0/s1. The van der Waals surface area contributed by atoms with Gasteiger partial charge in [0.2, 0.25) is 0 Å². The van der Waals surface area contributed by atoms with Crippen molar-refractivity contribution in [1.82, 2.24) is 19.9 Å². The monoisotopic (exact) mass is 623 g/mol. The molecule has 1 amide bonds. The van der Waals surface area contributed by atoms with Gasteiger partial charge in [0.05, 0.1) is 12.2 Å². The number of carbonyl (C=O) groups is 4. The normalized spacial score (nSPS) is 31.7. The molecule has 2 aliphatic rings. The second kappa shape index (κ2) is 14.1. The van der Waals surface area contributed by atoms with Gasteiger partial charge in [0.1, 0.15) is 29.3 Å². The number of hydrogen-bond acceptors (Lipinski definition) is 9. The van der Waals surface area contributed by atoms with E-state index in [1.54, 1.807) is 23.4 Å². The molecular weight excluding hydrogens is 574 g/mol. The average molecular weight is 624 g/mol. The first-order chi connectivity index (χ1) is 21.3. The molecule has 2 aliphatic heterocycles. The topological polar surface area (TPSA) is 147 Å². The molecule has 45 heavy (non-hydrogen) atoms. The highest BCUT2D eigenvalue weighted by Crippen LogP contribution is 2.41. The van der Waals surface area contributed by atoms with Crippen LogP contribution < -0.4 is 5.73 Å². The van der Waals surface area contributed by atoms with Crippen molar-refractivity contribution < 1.29 is 28.7 Å². The number of unbranched alkanes of at least 4 members (excludes halogenated alkanes) is 1.